The van der Waals surface area contributed by atoms with Crippen molar-refractivity contribution >= 4 is 73.3 Å². The number of likely N-dealkylation sites (tertiary alicyclic amines) is 1. The first-order valence-corrected chi connectivity index (χ1v) is 21.9. The van der Waals surface area contributed by atoms with E-state index in [2.05, 4.69) is 10.6 Å². The van der Waals surface area contributed by atoms with Crippen molar-refractivity contribution in [3.05, 3.63) is 92.4 Å². The second kappa shape index (κ2) is 15.4. The molecule has 3 aromatic rings. The summed E-state index contributed by atoms with van der Waals surface area (Å²) in [6.07, 6.45) is 2.73. The summed E-state index contributed by atoms with van der Waals surface area (Å²) in [5.74, 6) is 1.49. The fourth-order valence-corrected chi connectivity index (χ4v) is 10.4. The Morgan fingerprint density at radius 3 is 2.06 bits per heavy atom. The zero-order valence-electron chi connectivity index (χ0n) is 29.8. The average molecular weight is 823 g/mol. The second-order valence-corrected chi connectivity index (χ2v) is 18.8. The van der Waals surface area contributed by atoms with E-state index in [-0.39, 0.29) is 57.8 Å². The molecule has 2 saturated heterocycles. The molecule has 3 aliphatic rings. The quantitative estimate of drug-likeness (QED) is 0.258. The molecule has 4 atom stereocenters. The summed E-state index contributed by atoms with van der Waals surface area (Å²) in [7, 11) is -4.73. The van der Waals surface area contributed by atoms with Gasteiger partial charge in [-0.25, -0.2) is 18.0 Å². The molecule has 2 fully saturated rings. The number of benzene rings is 3. The number of hydrogen-bond donors (Lipinski definition) is 2. The molecule has 284 valence electrons. The van der Waals surface area contributed by atoms with Gasteiger partial charge >= 0.3 is 12.1 Å². The Morgan fingerprint density at radius 2 is 1.51 bits per heavy atom. The Balaban J connectivity index is 1.44. The number of carbonyl (C=O) groups excluding carboxylic acids is 2. The minimum absolute atomic E-state index is 0.0168. The maximum atomic E-state index is 15.2. The number of hydrogen-bond acceptors (Lipinski definition) is 7. The van der Waals surface area contributed by atoms with Crippen molar-refractivity contribution in [3.63, 3.8) is 0 Å². The number of amides is 4. The number of carbonyl (C=O) groups is 2. The maximum absolute atomic E-state index is 15.2. The van der Waals surface area contributed by atoms with E-state index in [1.54, 1.807) is 41.0 Å². The molecule has 4 amide bonds. The first-order chi connectivity index (χ1) is 25.0. The van der Waals surface area contributed by atoms with Crippen LogP contribution in [0.3, 0.4) is 0 Å². The smallest absolute Gasteiger partial charge is 0.326 e. The molecule has 0 spiro atoms. The summed E-state index contributed by atoms with van der Waals surface area (Å²) in [6, 6.07) is 16.4. The number of ether oxygens (including phenoxy) is 1. The minimum atomic E-state index is -3.81. The van der Waals surface area contributed by atoms with Gasteiger partial charge in [0.05, 0.1) is 22.1 Å². The lowest BCUT2D eigenvalue weighted by atomic mass is 9.71. The number of nitrogens with one attached hydrogen (secondary N) is 2. The van der Waals surface area contributed by atoms with Crippen LogP contribution < -0.4 is 15.4 Å². The van der Waals surface area contributed by atoms with Gasteiger partial charge in [-0.05, 0) is 81.5 Å². The van der Waals surface area contributed by atoms with Crippen LogP contribution in [0.1, 0.15) is 56.7 Å². The van der Waals surface area contributed by atoms with Gasteiger partial charge in [0.25, 0.3) is 0 Å². The molecule has 11 nitrogen and oxygen atoms in total. The third kappa shape index (κ3) is 7.78. The third-order valence-electron chi connectivity index (χ3n) is 10.4. The number of urea groups is 2. The molecule has 16 heteroatoms. The topological polar surface area (TPSA) is 137 Å². The van der Waals surface area contributed by atoms with Crippen molar-refractivity contribution in [2.24, 2.45) is 4.99 Å². The van der Waals surface area contributed by atoms with Crippen molar-refractivity contribution < 1.29 is 27.0 Å². The summed E-state index contributed by atoms with van der Waals surface area (Å²) in [5.41, 5.74) is -0.621. The maximum Gasteiger partial charge on any atom is 0.326 e. The van der Waals surface area contributed by atoms with E-state index in [0.29, 0.717) is 53.9 Å². The molecule has 0 radical (unpaired) electrons. The first kappa shape index (κ1) is 39.3. The molecular formula is C37H42Cl3N5O6S2. The molecule has 0 aliphatic carbocycles. The standard InChI is InChI=1S/C37H42Cl3N5O6S2/c1-5-51-31-21-30(40)32(53(4,49)50)20-29(31)33-43-36(2,23-6-10-25(38)11-7-23)37(3,24-8-12-26(39)13-9-24)45(33)35(47)44-17-14-27(15-18-44)41-34(46)42-28-16-19-52(48)22-28/h6-13,20-21,27-28H,5,14-19,22H2,1-4H3,(H2,41,42,46)/t28?,36-,37+,52?/m0/s1. The van der Waals surface area contributed by atoms with Crippen LogP contribution in [0.25, 0.3) is 0 Å². The van der Waals surface area contributed by atoms with Crippen LogP contribution in [0.5, 0.6) is 5.75 Å². The molecule has 3 aromatic carbocycles. The van der Waals surface area contributed by atoms with Gasteiger partial charge in [-0.3, -0.25) is 14.1 Å². The van der Waals surface area contributed by atoms with Gasteiger partial charge in [-0.15, -0.1) is 0 Å². The highest BCUT2D eigenvalue weighted by Gasteiger charge is 2.60. The largest absolute Gasteiger partial charge is 0.493 e. The van der Waals surface area contributed by atoms with Gasteiger partial charge in [0.15, 0.2) is 9.84 Å². The molecule has 0 aromatic heterocycles. The number of halogens is 3. The Kier molecular flexibility index (Phi) is 11.4. The van der Waals surface area contributed by atoms with Crippen molar-refractivity contribution in [1.82, 2.24) is 20.4 Å². The second-order valence-electron chi connectivity index (χ2n) is 13.9. The van der Waals surface area contributed by atoms with Crippen molar-refractivity contribution in [1.29, 1.82) is 0 Å². The molecule has 53 heavy (non-hydrogen) atoms. The number of amidine groups is 1. The Bertz CT molecular complexity index is 2060. The fraction of sp³-hybridized carbons (Fsp3) is 0.432. The molecular weight excluding hydrogens is 781 g/mol. The Morgan fingerprint density at radius 1 is 0.925 bits per heavy atom. The van der Waals surface area contributed by atoms with Crippen LogP contribution >= 0.6 is 34.8 Å². The van der Waals surface area contributed by atoms with Crippen LogP contribution in [-0.4, -0.2) is 89.9 Å². The third-order valence-corrected chi connectivity index (χ3v) is 14.0. The number of rotatable bonds is 8. The van der Waals surface area contributed by atoms with E-state index in [1.807, 2.05) is 38.1 Å². The lowest BCUT2D eigenvalue weighted by molar-refractivity contribution is 0.0995. The average Bonchev–Trinajstić information content (AvgIpc) is 3.62. The van der Waals surface area contributed by atoms with Crippen LogP contribution in [0, 0.1) is 0 Å². The summed E-state index contributed by atoms with van der Waals surface area (Å²) >= 11 is 19.3. The molecule has 2 unspecified atom stereocenters. The predicted molar refractivity (Wildman–Crippen MR) is 210 cm³/mol. The summed E-state index contributed by atoms with van der Waals surface area (Å²) < 4.78 is 43.9. The van der Waals surface area contributed by atoms with E-state index in [4.69, 9.17) is 44.5 Å². The zero-order valence-corrected chi connectivity index (χ0v) is 33.7. The SMILES string of the molecule is CCOc1cc(Cl)c(S(C)(=O)=O)cc1C1=N[C@@](C)(c2ccc(Cl)cc2)[C@@](C)(c2ccc(Cl)cc2)N1C(=O)N1CCC(NC(=O)NC2CCS(=O)C2)CC1. The van der Waals surface area contributed by atoms with E-state index in [1.165, 1.54) is 12.1 Å². The van der Waals surface area contributed by atoms with Gasteiger partial charge < -0.3 is 20.3 Å². The van der Waals surface area contributed by atoms with Crippen molar-refractivity contribution in [3.8, 4) is 5.75 Å². The Labute approximate surface area is 327 Å². The first-order valence-electron chi connectivity index (χ1n) is 17.3. The summed E-state index contributed by atoms with van der Waals surface area (Å²) in [6.45, 7) is 6.54. The van der Waals surface area contributed by atoms with Gasteiger partial charge in [0, 0.05) is 69.8 Å². The highest BCUT2D eigenvalue weighted by atomic mass is 35.5. The highest BCUT2D eigenvalue weighted by molar-refractivity contribution is 7.90. The van der Waals surface area contributed by atoms with Crippen LogP contribution in [0.4, 0.5) is 9.59 Å². The molecule has 3 aliphatic heterocycles. The van der Waals surface area contributed by atoms with E-state index in [0.717, 1.165) is 17.4 Å². The Hall–Kier alpha value is -3.36. The predicted octanol–water partition coefficient (Wildman–Crippen LogP) is 6.75. The molecule has 3 heterocycles. The zero-order chi connectivity index (χ0) is 38.3. The normalized spacial score (nSPS) is 24.9. The molecule has 2 N–H and O–H groups in total. The number of piperidine rings is 1. The van der Waals surface area contributed by atoms with Crippen LogP contribution in [-0.2, 0) is 31.7 Å². The molecule has 0 bridgehead atoms. The van der Waals surface area contributed by atoms with Gasteiger partial charge in [-0.1, -0.05) is 59.1 Å². The summed E-state index contributed by atoms with van der Waals surface area (Å²) in [5, 5.41) is 6.97. The van der Waals surface area contributed by atoms with Crippen LogP contribution in [0.15, 0.2) is 70.6 Å². The highest BCUT2D eigenvalue weighted by Crippen LogP contribution is 2.54. The van der Waals surface area contributed by atoms with Crippen molar-refractivity contribution in [2.45, 2.75) is 68.1 Å². The van der Waals surface area contributed by atoms with Crippen LogP contribution in [0.2, 0.25) is 15.1 Å². The monoisotopic (exact) mass is 821 g/mol. The lowest BCUT2D eigenvalue weighted by Gasteiger charge is -2.47. The lowest BCUT2D eigenvalue weighted by Crippen LogP contribution is -2.60. The fourth-order valence-electron chi connectivity index (χ4n) is 7.38. The van der Waals surface area contributed by atoms with Gasteiger partial charge in [0.2, 0.25) is 0 Å². The number of aliphatic imine (C=N–C) groups is 1. The van der Waals surface area contributed by atoms with Gasteiger partial charge in [-0.2, -0.15) is 0 Å². The molecule has 0 saturated carbocycles. The summed E-state index contributed by atoms with van der Waals surface area (Å²) in [4.78, 5) is 36.6. The van der Waals surface area contributed by atoms with E-state index in [9.17, 15) is 17.4 Å². The van der Waals surface area contributed by atoms with Crippen molar-refractivity contribution in [2.75, 3.05) is 37.5 Å². The minimum Gasteiger partial charge on any atom is -0.493 e. The number of sulfone groups is 1. The number of nitrogens with zero attached hydrogens (tertiary/aromatic N) is 3. The van der Waals surface area contributed by atoms with E-state index < -0.39 is 31.7 Å². The molecule has 6 rings (SSSR count). The van der Waals surface area contributed by atoms with E-state index >= 15 is 4.79 Å². The van der Waals surface area contributed by atoms with Gasteiger partial charge in [0.1, 0.15) is 22.7 Å².